The summed E-state index contributed by atoms with van der Waals surface area (Å²) in [4.78, 5) is 35.7. The van der Waals surface area contributed by atoms with Crippen molar-refractivity contribution in [2.24, 2.45) is 5.41 Å². The summed E-state index contributed by atoms with van der Waals surface area (Å²) in [5.74, 6) is -0.476. The van der Waals surface area contributed by atoms with E-state index in [1.807, 2.05) is 0 Å². The third-order valence-electron chi connectivity index (χ3n) is 3.38. The highest BCUT2D eigenvalue weighted by atomic mass is 16.6. The van der Waals surface area contributed by atoms with Crippen LogP contribution in [0.25, 0.3) is 0 Å². The number of hydrogen-bond donors (Lipinski definition) is 0. The zero-order valence-corrected chi connectivity index (χ0v) is 13.6. The van der Waals surface area contributed by atoms with Gasteiger partial charge in [0.15, 0.2) is 0 Å². The molecule has 1 atom stereocenters. The van der Waals surface area contributed by atoms with Crippen molar-refractivity contribution in [1.29, 1.82) is 0 Å². The van der Waals surface area contributed by atoms with Crippen molar-refractivity contribution >= 4 is 12.1 Å². The lowest BCUT2D eigenvalue weighted by molar-refractivity contribution is -0.496. The number of carbonyl (C=O) groups is 2. The topological polar surface area (TPSA) is 99.0 Å². The van der Waals surface area contributed by atoms with Crippen LogP contribution in [-0.4, -0.2) is 53.7 Å². The second-order valence-electron chi connectivity index (χ2n) is 6.62. The lowest BCUT2D eigenvalue weighted by Gasteiger charge is -2.26. The van der Waals surface area contributed by atoms with E-state index in [0.29, 0.717) is 13.0 Å². The molecule has 0 radical (unpaired) electrons. The monoisotopic (exact) mass is 316 g/mol. The van der Waals surface area contributed by atoms with Gasteiger partial charge in [-0.3, -0.25) is 14.9 Å². The van der Waals surface area contributed by atoms with Crippen molar-refractivity contribution in [3.05, 3.63) is 10.1 Å². The molecule has 1 heterocycles. The summed E-state index contributed by atoms with van der Waals surface area (Å²) in [6.07, 6.45) is -0.200. The molecule has 1 aliphatic rings. The molecule has 0 bridgehead atoms. The Morgan fingerprint density at radius 2 is 2.00 bits per heavy atom. The van der Waals surface area contributed by atoms with Crippen LogP contribution in [0.5, 0.6) is 0 Å². The summed E-state index contributed by atoms with van der Waals surface area (Å²) in [7, 11) is 0. The lowest BCUT2D eigenvalue weighted by atomic mass is 9.83. The van der Waals surface area contributed by atoms with Crippen LogP contribution in [0.4, 0.5) is 4.79 Å². The fourth-order valence-electron chi connectivity index (χ4n) is 2.54. The van der Waals surface area contributed by atoms with Crippen molar-refractivity contribution < 1.29 is 24.0 Å². The average molecular weight is 316 g/mol. The molecule has 1 amide bonds. The Kier molecular flexibility index (Phi) is 5.73. The molecular formula is C14H24N2O6. The first-order valence-electron chi connectivity index (χ1n) is 7.32. The van der Waals surface area contributed by atoms with Crippen LogP contribution in [0.2, 0.25) is 0 Å². The van der Waals surface area contributed by atoms with Gasteiger partial charge in [-0.05, 0) is 34.1 Å². The van der Waals surface area contributed by atoms with E-state index in [0.717, 1.165) is 0 Å². The second-order valence-corrected chi connectivity index (χ2v) is 6.62. The van der Waals surface area contributed by atoms with Gasteiger partial charge in [-0.25, -0.2) is 4.79 Å². The number of carbonyl (C=O) groups excluding carboxylic acids is 2. The quantitative estimate of drug-likeness (QED) is 0.436. The van der Waals surface area contributed by atoms with Crippen molar-refractivity contribution in [2.75, 3.05) is 26.2 Å². The molecule has 0 aliphatic carbocycles. The van der Waals surface area contributed by atoms with Crippen LogP contribution >= 0.6 is 0 Å². The van der Waals surface area contributed by atoms with Crippen molar-refractivity contribution in [3.63, 3.8) is 0 Å². The highest BCUT2D eigenvalue weighted by Crippen LogP contribution is 2.35. The second kappa shape index (κ2) is 6.93. The molecule has 0 spiro atoms. The molecule has 22 heavy (non-hydrogen) atoms. The molecule has 8 nitrogen and oxygen atoms in total. The Hall–Kier alpha value is -1.86. The molecule has 1 aliphatic heterocycles. The summed E-state index contributed by atoms with van der Waals surface area (Å²) in [6.45, 7) is 7.26. The van der Waals surface area contributed by atoms with E-state index in [-0.39, 0.29) is 26.1 Å². The number of amides is 1. The number of likely N-dealkylation sites (tertiary alicyclic amines) is 1. The zero-order valence-electron chi connectivity index (χ0n) is 13.6. The molecule has 1 rings (SSSR count). The molecule has 0 aromatic heterocycles. The Bertz CT molecular complexity index is 445. The SMILES string of the molecule is CCOC(=O)CC1(C[N+](=O)[O-])CCN(C(=O)OC(C)(C)C)C1. The van der Waals surface area contributed by atoms with Gasteiger partial charge in [0.1, 0.15) is 5.60 Å². The maximum atomic E-state index is 12.1. The fraction of sp³-hybridized carbons (Fsp3) is 0.857. The van der Waals surface area contributed by atoms with E-state index < -0.39 is 28.0 Å². The molecule has 1 fully saturated rings. The van der Waals surface area contributed by atoms with Gasteiger partial charge in [0.05, 0.1) is 18.4 Å². The van der Waals surface area contributed by atoms with E-state index >= 15 is 0 Å². The molecule has 0 saturated carbocycles. The van der Waals surface area contributed by atoms with Gasteiger partial charge >= 0.3 is 12.1 Å². The Morgan fingerprint density at radius 3 is 2.50 bits per heavy atom. The first kappa shape index (κ1) is 18.2. The molecular weight excluding hydrogens is 292 g/mol. The van der Waals surface area contributed by atoms with Crippen molar-refractivity contribution in [1.82, 2.24) is 4.90 Å². The number of nitro groups is 1. The van der Waals surface area contributed by atoms with Gasteiger partial charge in [0.2, 0.25) is 6.54 Å². The van der Waals surface area contributed by atoms with E-state index in [1.54, 1.807) is 27.7 Å². The average Bonchev–Trinajstić information content (AvgIpc) is 2.70. The zero-order chi connectivity index (χ0) is 17.0. The maximum absolute atomic E-state index is 12.1. The predicted molar refractivity (Wildman–Crippen MR) is 78.0 cm³/mol. The van der Waals surface area contributed by atoms with Gasteiger partial charge < -0.3 is 14.4 Å². The van der Waals surface area contributed by atoms with E-state index in [4.69, 9.17) is 9.47 Å². The maximum Gasteiger partial charge on any atom is 0.410 e. The van der Waals surface area contributed by atoms with Crippen LogP contribution in [0.3, 0.4) is 0 Å². The molecule has 1 saturated heterocycles. The van der Waals surface area contributed by atoms with Gasteiger partial charge in [-0.1, -0.05) is 0 Å². The fourth-order valence-corrected chi connectivity index (χ4v) is 2.54. The summed E-state index contributed by atoms with van der Waals surface area (Å²) < 4.78 is 10.2. The van der Waals surface area contributed by atoms with Gasteiger partial charge in [-0.2, -0.15) is 0 Å². The number of esters is 1. The summed E-state index contributed by atoms with van der Waals surface area (Å²) >= 11 is 0. The Labute approximate surface area is 129 Å². The van der Waals surface area contributed by atoms with Gasteiger partial charge in [-0.15, -0.1) is 0 Å². The van der Waals surface area contributed by atoms with Crippen LogP contribution < -0.4 is 0 Å². The smallest absolute Gasteiger partial charge is 0.410 e. The van der Waals surface area contributed by atoms with E-state index in [1.165, 1.54) is 4.90 Å². The minimum absolute atomic E-state index is 0.0683. The molecule has 0 aromatic rings. The Morgan fingerprint density at radius 1 is 1.36 bits per heavy atom. The minimum Gasteiger partial charge on any atom is -0.466 e. The number of ether oxygens (including phenoxy) is 2. The first-order valence-corrected chi connectivity index (χ1v) is 7.32. The third-order valence-corrected chi connectivity index (χ3v) is 3.38. The van der Waals surface area contributed by atoms with Gasteiger partial charge in [0.25, 0.3) is 0 Å². The van der Waals surface area contributed by atoms with Crippen molar-refractivity contribution in [3.8, 4) is 0 Å². The van der Waals surface area contributed by atoms with Crippen LogP contribution in [0.15, 0.2) is 0 Å². The van der Waals surface area contributed by atoms with Gasteiger partial charge in [0, 0.05) is 18.0 Å². The highest BCUT2D eigenvalue weighted by molar-refractivity contribution is 5.72. The standard InChI is InChI=1S/C14H24N2O6/c1-5-21-11(17)8-14(10-16(19)20)6-7-15(9-14)12(18)22-13(2,3)4/h5-10H2,1-4H3. The van der Waals surface area contributed by atoms with Crippen LogP contribution in [-0.2, 0) is 14.3 Å². The summed E-state index contributed by atoms with van der Waals surface area (Å²) in [5.41, 5.74) is -1.51. The normalized spacial score (nSPS) is 21.5. The predicted octanol–water partition coefficient (Wildman–Crippen LogP) is 1.84. The third kappa shape index (κ3) is 5.50. The molecule has 0 aromatic carbocycles. The summed E-state index contributed by atoms with van der Waals surface area (Å²) in [5, 5.41) is 10.9. The molecule has 8 heteroatoms. The molecule has 1 unspecified atom stereocenters. The van der Waals surface area contributed by atoms with Crippen LogP contribution in [0, 0.1) is 15.5 Å². The Balaban J connectivity index is 2.77. The molecule has 0 N–H and O–H groups in total. The summed E-state index contributed by atoms with van der Waals surface area (Å²) in [6, 6.07) is 0. The largest absolute Gasteiger partial charge is 0.466 e. The lowest BCUT2D eigenvalue weighted by Crippen LogP contribution is -2.40. The molecule has 126 valence electrons. The number of rotatable bonds is 5. The minimum atomic E-state index is -0.882. The first-order chi connectivity index (χ1) is 10.1. The van der Waals surface area contributed by atoms with Crippen LogP contribution in [0.1, 0.15) is 40.5 Å². The number of nitrogens with zero attached hydrogens (tertiary/aromatic N) is 2. The highest BCUT2D eigenvalue weighted by Gasteiger charge is 2.46. The van der Waals surface area contributed by atoms with E-state index in [9.17, 15) is 19.7 Å². The number of hydrogen-bond acceptors (Lipinski definition) is 6. The van der Waals surface area contributed by atoms with Crippen molar-refractivity contribution in [2.45, 2.75) is 46.1 Å². The van der Waals surface area contributed by atoms with E-state index in [2.05, 4.69) is 0 Å².